The summed E-state index contributed by atoms with van der Waals surface area (Å²) >= 11 is 0. The van der Waals surface area contributed by atoms with E-state index in [1.807, 2.05) is 12.1 Å². The van der Waals surface area contributed by atoms with E-state index in [0.717, 1.165) is 43.2 Å². The van der Waals surface area contributed by atoms with E-state index < -0.39 is 0 Å². The fourth-order valence-corrected chi connectivity index (χ4v) is 3.87. The molecule has 2 heterocycles. The van der Waals surface area contributed by atoms with Crippen LogP contribution in [0.4, 0.5) is 19.3 Å². The molecule has 2 N–H and O–H groups in total. The summed E-state index contributed by atoms with van der Waals surface area (Å²) in [6.45, 7) is 3.84. The van der Waals surface area contributed by atoms with Gasteiger partial charge in [0.25, 0.3) is 0 Å². The Morgan fingerprint density at radius 1 is 0.906 bits per heavy atom. The van der Waals surface area contributed by atoms with Crippen molar-refractivity contribution in [3.8, 4) is 0 Å². The number of amides is 2. The fraction of sp³-hybridized carbons (Fsp3) is 0.292. The molecule has 32 heavy (non-hydrogen) atoms. The summed E-state index contributed by atoms with van der Waals surface area (Å²) in [5.41, 5.74) is 1.82. The van der Waals surface area contributed by atoms with Crippen molar-refractivity contribution in [2.45, 2.75) is 12.6 Å². The molecule has 1 fully saturated rings. The molecule has 2 amide bonds. The molecule has 0 radical (unpaired) electrons. The molecule has 1 aromatic heterocycles. The van der Waals surface area contributed by atoms with Crippen molar-refractivity contribution in [1.82, 2.24) is 15.5 Å². The highest BCUT2D eigenvalue weighted by molar-refractivity contribution is 5.73. The number of halogens is 2. The highest BCUT2D eigenvalue weighted by Crippen LogP contribution is 2.24. The first kappa shape index (κ1) is 21.8. The molecule has 2 aromatic carbocycles. The van der Waals surface area contributed by atoms with Crippen LogP contribution in [0.3, 0.4) is 0 Å². The number of furan rings is 1. The van der Waals surface area contributed by atoms with Crippen molar-refractivity contribution in [2.24, 2.45) is 0 Å². The Kier molecular flexibility index (Phi) is 7.01. The maximum atomic E-state index is 13.2. The summed E-state index contributed by atoms with van der Waals surface area (Å²) in [6, 6.07) is 15.9. The van der Waals surface area contributed by atoms with Gasteiger partial charge in [-0.25, -0.2) is 13.6 Å². The average molecular weight is 440 g/mol. The predicted molar refractivity (Wildman–Crippen MR) is 118 cm³/mol. The minimum atomic E-state index is -0.306. The van der Waals surface area contributed by atoms with Gasteiger partial charge in [-0.2, -0.15) is 0 Å². The van der Waals surface area contributed by atoms with Crippen molar-refractivity contribution < 1.29 is 18.0 Å². The predicted octanol–water partition coefficient (Wildman–Crippen LogP) is 3.92. The van der Waals surface area contributed by atoms with Crippen LogP contribution in [0.1, 0.15) is 17.4 Å². The van der Waals surface area contributed by atoms with Gasteiger partial charge in [-0.05, 0) is 54.1 Å². The fourth-order valence-electron chi connectivity index (χ4n) is 3.87. The van der Waals surface area contributed by atoms with Crippen LogP contribution in [0.25, 0.3) is 0 Å². The van der Waals surface area contributed by atoms with Gasteiger partial charge in [0.15, 0.2) is 0 Å². The maximum Gasteiger partial charge on any atom is 0.315 e. The first-order valence-corrected chi connectivity index (χ1v) is 10.6. The third kappa shape index (κ3) is 5.64. The quantitative estimate of drug-likeness (QED) is 0.585. The van der Waals surface area contributed by atoms with E-state index in [2.05, 4.69) is 20.4 Å². The van der Waals surface area contributed by atoms with Crippen LogP contribution in [0.15, 0.2) is 71.3 Å². The largest absolute Gasteiger partial charge is 0.468 e. The van der Waals surface area contributed by atoms with Crippen LogP contribution >= 0.6 is 0 Å². The molecule has 0 spiro atoms. The SMILES string of the molecule is O=C(NCc1ccc(F)cc1)NCC(c1ccco1)N1CCN(c2ccc(F)cc2)CC1. The minimum Gasteiger partial charge on any atom is -0.468 e. The number of hydrogen-bond donors (Lipinski definition) is 2. The van der Waals surface area contributed by atoms with Crippen LogP contribution in [0.5, 0.6) is 0 Å². The van der Waals surface area contributed by atoms with Crippen molar-refractivity contribution >= 4 is 11.7 Å². The number of nitrogens with zero attached hydrogens (tertiary/aromatic N) is 2. The molecule has 1 aliphatic rings. The number of piperazine rings is 1. The van der Waals surface area contributed by atoms with Gasteiger partial charge < -0.3 is 20.0 Å². The number of anilines is 1. The molecule has 4 rings (SSSR count). The Morgan fingerprint density at radius 3 is 2.19 bits per heavy atom. The molecule has 1 unspecified atom stereocenters. The van der Waals surface area contributed by atoms with Gasteiger partial charge in [0.2, 0.25) is 0 Å². The van der Waals surface area contributed by atoms with Crippen molar-refractivity contribution in [2.75, 3.05) is 37.6 Å². The maximum absolute atomic E-state index is 13.2. The zero-order valence-corrected chi connectivity index (χ0v) is 17.6. The molecule has 8 heteroatoms. The summed E-state index contributed by atoms with van der Waals surface area (Å²) in [6.07, 6.45) is 1.63. The molecule has 1 saturated heterocycles. The smallest absolute Gasteiger partial charge is 0.315 e. The first-order valence-electron chi connectivity index (χ1n) is 10.6. The van der Waals surface area contributed by atoms with Crippen LogP contribution in [0, 0.1) is 11.6 Å². The van der Waals surface area contributed by atoms with Crippen LogP contribution in [0.2, 0.25) is 0 Å². The van der Waals surface area contributed by atoms with E-state index in [0.29, 0.717) is 13.1 Å². The first-order chi connectivity index (χ1) is 15.6. The Hall–Kier alpha value is -3.39. The average Bonchev–Trinajstić information content (AvgIpc) is 3.34. The highest BCUT2D eigenvalue weighted by atomic mass is 19.1. The highest BCUT2D eigenvalue weighted by Gasteiger charge is 2.27. The Bertz CT molecular complexity index is 986. The summed E-state index contributed by atoms with van der Waals surface area (Å²) in [5.74, 6) is 0.243. The summed E-state index contributed by atoms with van der Waals surface area (Å²) in [5, 5.41) is 5.71. The molecule has 0 saturated carbocycles. The number of hydrogen-bond acceptors (Lipinski definition) is 4. The van der Waals surface area contributed by atoms with E-state index in [1.54, 1.807) is 30.5 Å². The van der Waals surface area contributed by atoms with Crippen molar-refractivity contribution in [3.05, 3.63) is 89.9 Å². The van der Waals surface area contributed by atoms with Gasteiger partial charge in [0.1, 0.15) is 17.4 Å². The van der Waals surface area contributed by atoms with E-state index in [9.17, 15) is 13.6 Å². The van der Waals surface area contributed by atoms with Crippen LogP contribution < -0.4 is 15.5 Å². The van der Waals surface area contributed by atoms with Gasteiger partial charge in [0, 0.05) is 45.0 Å². The standard InChI is InChI=1S/C24H26F2N4O2/c25-19-5-3-18(4-6-19)16-27-24(31)28-17-22(23-2-1-15-32-23)30-13-11-29(12-14-30)21-9-7-20(26)8-10-21/h1-10,15,22H,11-14,16-17H2,(H2,27,28,31). The third-order valence-corrected chi connectivity index (χ3v) is 5.64. The number of urea groups is 1. The van der Waals surface area contributed by atoms with E-state index >= 15 is 0 Å². The van der Waals surface area contributed by atoms with Crippen molar-refractivity contribution in [1.29, 1.82) is 0 Å². The van der Waals surface area contributed by atoms with Crippen molar-refractivity contribution in [3.63, 3.8) is 0 Å². The molecular weight excluding hydrogens is 414 g/mol. The molecule has 1 aliphatic heterocycles. The Labute approximate surface area is 185 Å². The molecular formula is C24H26F2N4O2. The summed E-state index contributed by atoms with van der Waals surface area (Å²) < 4.78 is 31.9. The number of rotatable bonds is 7. The zero-order chi connectivity index (χ0) is 22.3. The second kappa shape index (κ2) is 10.3. The lowest BCUT2D eigenvalue weighted by Gasteiger charge is -2.39. The lowest BCUT2D eigenvalue weighted by molar-refractivity contribution is 0.161. The van der Waals surface area contributed by atoms with E-state index in [1.165, 1.54) is 24.3 Å². The van der Waals surface area contributed by atoms with Gasteiger partial charge in [-0.1, -0.05) is 12.1 Å². The second-order valence-electron chi connectivity index (χ2n) is 7.72. The summed E-state index contributed by atoms with van der Waals surface area (Å²) in [4.78, 5) is 16.8. The minimum absolute atomic E-state index is 0.100. The van der Waals surface area contributed by atoms with Gasteiger partial charge >= 0.3 is 6.03 Å². The number of nitrogens with one attached hydrogen (secondary N) is 2. The molecule has 0 bridgehead atoms. The molecule has 168 valence electrons. The van der Waals surface area contributed by atoms with Gasteiger partial charge in [-0.3, -0.25) is 4.90 Å². The molecule has 6 nitrogen and oxygen atoms in total. The topological polar surface area (TPSA) is 60.8 Å². The Morgan fingerprint density at radius 2 is 1.56 bits per heavy atom. The second-order valence-corrected chi connectivity index (χ2v) is 7.72. The Balaban J connectivity index is 1.31. The van der Waals surface area contributed by atoms with Gasteiger partial charge in [-0.15, -0.1) is 0 Å². The number of benzene rings is 2. The van der Waals surface area contributed by atoms with Gasteiger partial charge in [0.05, 0.1) is 12.3 Å². The molecule has 3 aromatic rings. The molecule has 1 atom stereocenters. The monoisotopic (exact) mass is 440 g/mol. The normalized spacial score (nSPS) is 15.4. The lowest BCUT2D eigenvalue weighted by atomic mass is 10.1. The summed E-state index contributed by atoms with van der Waals surface area (Å²) in [7, 11) is 0. The van der Waals surface area contributed by atoms with E-state index in [-0.39, 0.29) is 23.7 Å². The third-order valence-electron chi connectivity index (χ3n) is 5.64. The van der Waals surface area contributed by atoms with Crippen LogP contribution in [-0.4, -0.2) is 43.7 Å². The molecule has 0 aliphatic carbocycles. The zero-order valence-electron chi connectivity index (χ0n) is 17.6. The number of carbonyl (C=O) groups excluding carboxylic acids is 1. The van der Waals surface area contributed by atoms with Crippen LogP contribution in [-0.2, 0) is 6.54 Å². The lowest BCUT2D eigenvalue weighted by Crippen LogP contribution is -2.50. The van der Waals surface area contributed by atoms with E-state index in [4.69, 9.17) is 4.42 Å². The number of carbonyl (C=O) groups is 1.